The van der Waals surface area contributed by atoms with Crippen LogP contribution < -0.4 is 0 Å². The molecule has 0 spiro atoms. The Morgan fingerprint density at radius 1 is 0.356 bits per heavy atom. The van der Waals surface area contributed by atoms with E-state index < -0.39 is 162 Å². The van der Waals surface area contributed by atoms with Crippen molar-refractivity contribution in [2.24, 2.45) is 5.92 Å². The number of phosphoric ester groups is 1. The topological polar surface area (TPSA) is 380 Å². The van der Waals surface area contributed by atoms with Crippen molar-refractivity contribution in [1.82, 2.24) is 0 Å². The van der Waals surface area contributed by atoms with Crippen LogP contribution in [0.1, 0.15) is 401 Å². The highest BCUT2D eigenvalue weighted by Gasteiger charge is 2.60. The molecule has 0 aromatic rings. The molecule has 3 aliphatic rings. The van der Waals surface area contributed by atoms with E-state index >= 15 is 0 Å². The van der Waals surface area contributed by atoms with Gasteiger partial charge in [-0.3, -0.25) is 28.2 Å². The Bertz CT molecular complexity index is 2570. The largest absolute Gasteiger partial charge is 0.472 e. The monoisotopic (exact) mass is 1710 g/mol. The van der Waals surface area contributed by atoms with Crippen LogP contribution in [0, 0.1) is 5.92 Å². The highest BCUT2D eigenvalue weighted by atomic mass is 31.2. The number of aliphatic hydroxyl groups excluding tert-OH is 9. The minimum atomic E-state index is -5.81. The molecule has 1 aliphatic carbocycles. The van der Waals surface area contributed by atoms with Gasteiger partial charge in [-0.2, -0.15) is 0 Å². The Morgan fingerprint density at radius 2 is 0.686 bits per heavy atom. The number of allylic oxidation sites excluding steroid dienone is 4. The smallest absolute Gasteiger partial charge is 0.463 e. The van der Waals surface area contributed by atoms with Crippen LogP contribution in [0.25, 0.3) is 0 Å². The van der Waals surface area contributed by atoms with Crippen LogP contribution in [0.15, 0.2) is 24.3 Å². The minimum absolute atomic E-state index is 0.00921. The van der Waals surface area contributed by atoms with Crippen molar-refractivity contribution in [2.75, 3.05) is 26.4 Å². The number of hydrogen-bond donors (Lipinski definition) is 10. The van der Waals surface area contributed by atoms with Gasteiger partial charge in [0.1, 0.15) is 92.6 Å². The number of rotatable bonds is 76. The average Bonchev–Trinajstić information content (AvgIpc) is 0.754. The number of unbranched alkanes of at least 4 members (excludes halogenated alkanes) is 44. The Kier molecular flexibility index (Phi) is 64.9. The standard InChI is InChI=1S/C92H169O25P/c1-6-10-14-18-22-25-28-31-33-36-39-42-45-52-58-64-76(95)109-70-74-80(99)82(101)86(105)92(113-74)116-89-87(114-78(97)66-60-54-48-47-50-56-62-71(5)61-55-49-21-17-13-9-4)83(102)84(103)88(115-91-85(104)81(100)79(98)73(67-93)112-91)90(89)117-118(106,107)110-69-72(68-108-75(94)63-57-51-44-41-38-35-30-27-24-20-16-12-8-3)111-77(96)65-59-53-46-43-40-37-34-32-29-26-23-19-15-11-7-2/h25-26,28-29,71-74,79-93,98-105H,6-24,27,30-70H2,1-5H3,(H,106,107)/b28-25-,29-26-. The van der Waals surface area contributed by atoms with Crippen LogP contribution in [0.5, 0.6) is 0 Å². The van der Waals surface area contributed by atoms with Crippen molar-refractivity contribution >= 4 is 31.7 Å². The normalized spacial score (nSPS) is 25.3. The number of carbonyl (C=O) groups excluding carboxylic acids is 4. The molecule has 19 unspecified atom stereocenters. The molecule has 692 valence electrons. The lowest BCUT2D eigenvalue weighted by atomic mass is 9.84. The van der Waals surface area contributed by atoms with E-state index in [0.717, 1.165) is 161 Å². The highest BCUT2D eigenvalue weighted by molar-refractivity contribution is 7.47. The van der Waals surface area contributed by atoms with Gasteiger partial charge in [0.15, 0.2) is 24.8 Å². The van der Waals surface area contributed by atoms with Crippen molar-refractivity contribution in [3.63, 3.8) is 0 Å². The number of esters is 4. The summed E-state index contributed by atoms with van der Waals surface area (Å²) in [5, 5.41) is 102. The lowest BCUT2D eigenvalue weighted by Gasteiger charge is -2.50. The van der Waals surface area contributed by atoms with Crippen molar-refractivity contribution < 1.29 is 122 Å². The van der Waals surface area contributed by atoms with Gasteiger partial charge in [0.2, 0.25) is 0 Å². The van der Waals surface area contributed by atoms with E-state index in [4.69, 9.17) is 46.9 Å². The molecule has 10 N–H and O–H groups in total. The third-order valence-corrected chi connectivity index (χ3v) is 24.3. The molecule has 0 aromatic carbocycles. The fraction of sp³-hybridized carbons (Fsp3) is 0.913. The summed E-state index contributed by atoms with van der Waals surface area (Å²) in [5.74, 6) is -2.34. The van der Waals surface area contributed by atoms with Gasteiger partial charge >= 0.3 is 31.7 Å². The molecule has 0 aromatic heterocycles. The Morgan fingerprint density at radius 3 is 1.10 bits per heavy atom. The first-order valence-electron chi connectivity index (χ1n) is 47.5. The van der Waals surface area contributed by atoms with Crippen LogP contribution in [-0.2, 0) is 70.7 Å². The zero-order valence-electron chi connectivity index (χ0n) is 73.9. The summed E-state index contributed by atoms with van der Waals surface area (Å²) in [5.41, 5.74) is 0. The van der Waals surface area contributed by atoms with E-state index in [-0.39, 0.29) is 25.7 Å². The van der Waals surface area contributed by atoms with Gasteiger partial charge in [-0.1, -0.05) is 322 Å². The maximum Gasteiger partial charge on any atom is 0.472 e. The number of phosphoric acid groups is 1. The van der Waals surface area contributed by atoms with Crippen LogP contribution in [0.4, 0.5) is 0 Å². The molecule has 1 saturated carbocycles. The Hall–Kier alpha value is -3.05. The van der Waals surface area contributed by atoms with Crippen molar-refractivity contribution in [2.45, 2.75) is 505 Å². The van der Waals surface area contributed by atoms with E-state index in [2.05, 4.69) is 58.9 Å². The first kappa shape index (κ1) is 109. The summed E-state index contributed by atoms with van der Waals surface area (Å²) in [7, 11) is -5.81. The van der Waals surface area contributed by atoms with E-state index in [1.165, 1.54) is 141 Å². The molecule has 0 radical (unpaired) electrons. The van der Waals surface area contributed by atoms with Gasteiger partial charge in [0.05, 0.1) is 13.2 Å². The van der Waals surface area contributed by atoms with Crippen LogP contribution in [0.2, 0.25) is 0 Å². The maximum atomic E-state index is 14.9. The fourth-order valence-electron chi connectivity index (χ4n) is 15.7. The second kappa shape index (κ2) is 70.2. The summed E-state index contributed by atoms with van der Waals surface area (Å²) in [6.07, 6.45) is 28.8. The number of aliphatic hydroxyl groups is 9. The number of ether oxygens (including phenoxy) is 8. The van der Waals surface area contributed by atoms with E-state index in [9.17, 15) is 74.6 Å². The van der Waals surface area contributed by atoms with Gasteiger partial charge in [-0.05, 0) is 83.0 Å². The SMILES string of the molecule is CCCCCC/C=C\CCCCCCCCCC(=O)OCC1OC(OC2C(OC(=O)CCCCCCCCC(C)CCCCCCCC)C(O)C(O)C(OC3OC(CO)C(O)C(O)C3O)C2OP(=O)(O)OCC(COC(=O)CCCCCCCCCCCCCCC)OC(=O)CCCCCCCCC/C=C\CCCCCC)C(O)C(O)C1O. The predicted molar refractivity (Wildman–Crippen MR) is 458 cm³/mol. The lowest BCUT2D eigenvalue weighted by Crippen LogP contribution is -2.70. The fourth-order valence-corrected chi connectivity index (χ4v) is 16.6. The zero-order valence-corrected chi connectivity index (χ0v) is 74.8. The van der Waals surface area contributed by atoms with Crippen LogP contribution in [0.3, 0.4) is 0 Å². The van der Waals surface area contributed by atoms with Crippen molar-refractivity contribution in [1.29, 1.82) is 0 Å². The van der Waals surface area contributed by atoms with E-state index in [1.54, 1.807) is 0 Å². The zero-order chi connectivity index (χ0) is 86.2. The molecule has 3 rings (SSSR count). The summed E-state index contributed by atoms with van der Waals surface area (Å²) in [6.45, 7) is 7.87. The number of carbonyl (C=O) groups is 4. The van der Waals surface area contributed by atoms with Crippen LogP contribution in [-0.4, -0.2) is 205 Å². The number of hydrogen-bond acceptors (Lipinski definition) is 24. The quantitative estimate of drug-likeness (QED) is 0.00889. The molecule has 2 aliphatic heterocycles. The molecule has 3 fully saturated rings. The average molecular weight is 1710 g/mol. The third kappa shape index (κ3) is 50.2. The van der Waals surface area contributed by atoms with E-state index in [0.29, 0.717) is 44.4 Å². The molecule has 0 bridgehead atoms. The summed E-state index contributed by atoms with van der Waals surface area (Å²) < 4.78 is 73.5. The Balaban J connectivity index is 1.93. The van der Waals surface area contributed by atoms with Gasteiger partial charge < -0.3 is 88.7 Å². The first-order valence-corrected chi connectivity index (χ1v) is 49.0. The van der Waals surface area contributed by atoms with Crippen LogP contribution >= 0.6 is 7.82 Å². The predicted octanol–water partition coefficient (Wildman–Crippen LogP) is 17.6. The third-order valence-electron chi connectivity index (χ3n) is 23.3. The van der Waals surface area contributed by atoms with Gasteiger partial charge in [0, 0.05) is 25.7 Å². The molecule has 19 atom stereocenters. The summed E-state index contributed by atoms with van der Waals surface area (Å²) in [4.78, 5) is 66.5. The molecular weight excluding hydrogens is 1540 g/mol. The minimum Gasteiger partial charge on any atom is -0.463 e. The summed E-state index contributed by atoms with van der Waals surface area (Å²) in [6, 6.07) is 0. The van der Waals surface area contributed by atoms with Gasteiger partial charge in [0.25, 0.3) is 0 Å². The maximum absolute atomic E-state index is 14.9. The van der Waals surface area contributed by atoms with Crippen molar-refractivity contribution in [3.05, 3.63) is 24.3 Å². The molecule has 25 nitrogen and oxygen atoms in total. The second-order valence-corrected chi connectivity index (χ2v) is 35.6. The molecule has 26 heteroatoms. The Labute approximate surface area is 711 Å². The van der Waals surface area contributed by atoms with Crippen molar-refractivity contribution in [3.8, 4) is 0 Å². The van der Waals surface area contributed by atoms with Gasteiger partial charge in [-0.15, -0.1) is 0 Å². The summed E-state index contributed by atoms with van der Waals surface area (Å²) >= 11 is 0. The molecule has 2 saturated heterocycles. The van der Waals surface area contributed by atoms with Gasteiger partial charge in [-0.25, -0.2) is 4.57 Å². The first-order chi connectivity index (χ1) is 57.1. The van der Waals surface area contributed by atoms with E-state index in [1.807, 2.05) is 0 Å². The molecule has 118 heavy (non-hydrogen) atoms. The highest BCUT2D eigenvalue weighted by Crippen LogP contribution is 2.49. The lowest BCUT2D eigenvalue weighted by molar-refractivity contribution is -0.360. The molecule has 0 amide bonds. The second-order valence-electron chi connectivity index (χ2n) is 34.1. The molecular formula is C92H169O25P. The molecule has 2 heterocycles.